The van der Waals surface area contributed by atoms with Crippen LogP contribution in [0.25, 0.3) is 0 Å². The smallest absolute Gasteiger partial charge is 0.251 e. The third-order valence-corrected chi connectivity index (χ3v) is 2.48. The van der Waals surface area contributed by atoms with Crippen LogP contribution in [0.2, 0.25) is 0 Å². The first-order valence-electron chi connectivity index (χ1n) is 4.30. The summed E-state index contributed by atoms with van der Waals surface area (Å²) >= 11 is 0. The molecular formula is C8H15F2NO. The van der Waals surface area contributed by atoms with E-state index in [2.05, 4.69) is 0 Å². The lowest BCUT2D eigenvalue weighted by molar-refractivity contribution is -0.0426. The zero-order valence-electron chi connectivity index (χ0n) is 6.97. The van der Waals surface area contributed by atoms with E-state index in [1.54, 1.807) is 0 Å². The first-order valence-corrected chi connectivity index (χ1v) is 4.30. The molecule has 0 aromatic heterocycles. The predicted molar refractivity (Wildman–Crippen MR) is 42.0 cm³/mol. The molecule has 0 aromatic rings. The van der Waals surface area contributed by atoms with Gasteiger partial charge in [0.15, 0.2) is 0 Å². The molecule has 2 atom stereocenters. The SMILES string of the molecule is NC(CO)CC1CCCC1(F)F. The zero-order valence-corrected chi connectivity index (χ0v) is 6.97. The quantitative estimate of drug-likeness (QED) is 0.682. The Labute approximate surface area is 70.8 Å². The van der Waals surface area contributed by atoms with Crippen molar-refractivity contribution in [3.05, 3.63) is 0 Å². The van der Waals surface area contributed by atoms with Crippen molar-refractivity contribution in [2.24, 2.45) is 11.7 Å². The zero-order chi connectivity index (χ0) is 9.19. The van der Waals surface area contributed by atoms with Crippen molar-refractivity contribution in [2.45, 2.75) is 37.6 Å². The van der Waals surface area contributed by atoms with Gasteiger partial charge >= 0.3 is 0 Å². The van der Waals surface area contributed by atoms with Gasteiger partial charge in [-0.1, -0.05) is 0 Å². The number of nitrogens with two attached hydrogens (primary N) is 1. The average molecular weight is 179 g/mol. The lowest BCUT2D eigenvalue weighted by Gasteiger charge is -2.21. The average Bonchev–Trinajstić information content (AvgIpc) is 2.31. The fourth-order valence-corrected chi connectivity index (χ4v) is 1.73. The van der Waals surface area contributed by atoms with Gasteiger partial charge in [0.25, 0.3) is 5.92 Å². The number of aliphatic hydroxyl groups excluding tert-OH is 1. The summed E-state index contributed by atoms with van der Waals surface area (Å²) in [6, 6.07) is -0.487. The fraction of sp³-hybridized carbons (Fsp3) is 1.00. The summed E-state index contributed by atoms with van der Waals surface area (Å²) in [5, 5.41) is 8.60. The Hall–Kier alpha value is -0.220. The van der Waals surface area contributed by atoms with E-state index in [-0.39, 0.29) is 19.4 Å². The molecule has 0 radical (unpaired) electrons. The Morgan fingerprint density at radius 3 is 2.67 bits per heavy atom. The van der Waals surface area contributed by atoms with Crippen LogP contribution in [0.3, 0.4) is 0 Å². The van der Waals surface area contributed by atoms with Crippen LogP contribution in [-0.2, 0) is 0 Å². The molecule has 0 heterocycles. The normalized spacial score (nSPS) is 30.5. The monoisotopic (exact) mass is 179 g/mol. The number of hydrogen-bond acceptors (Lipinski definition) is 2. The maximum Gasteiger partial charge on any atom is 0.251 e. The van der Waals surface area contributed by atoms with Gasteiger partial charge in [-0.25, -0.2) is 8.78 Å². The highest BCUT2D eigenvalue weighted by atomic mass is 19.3. The molecule has 0 spiro atoms. The summed E-state index contributed by atoms with van der Waals surface area (Å²) in [7, 11) is 0. The van der Waals surface area contributed by atoms with Crippen LogP contribution in [0, 0.1) is 5.92 Å². The minimum absolute atomic E-state index is 0.0180. The Balaban J connectivity index is 2.41. The highest BCUT2D eigenvalue weighted by molar-refractivity contribution is 4.86. The first kappa shape index (κ1) is 9.86. The molecular weight excluding hydrogens is 164 g/mol. The molecule has 1 aliphatic rings. The van der Waals surface area contributed by atoms with E-state index < -0.39 is 17.9 Å². The van der Waals surface area contributed by atoms with E-state index in [0.717, 1.165) is 0 Å². The summed E-state index contributed by atoms with van der Waals surface area (Å²) in [5.74, 6) is -3.16. The molecule has 1 fully saturated rings. The summed E-state index contributed by atoms with van der Waals surface area (Å²) < 4.78 is 25.9. The van der Waals surface area contributed by atoms with E-state index in [1.165, 1.54) is 0 Å². The third-order valence-electron chi connectivity index (χ3n) is 2.48. The largest absolute Gasteiger partial charge is 0.395 e. The van der Waals surface area contributed by atoms with Crippen LogP contribution in [-0.4, -0.2) is 23.7 Å². The first-order chi connectivity index (χ1) is 5.56. The Bertz CT molecular complexity index is 152. The van der Waals surface area contributed by atoms with Gasteiger partial charge in [-0.15, -0.1) is 0 Å². The maximum atomic E-state index is 13.0. The number of alkyl halides is 2. The van der Waals surface area contributed by atoms with Gasteiger partial charge in [0, 0.05) is 18.4 Å². The molecule has 0 bridgehead atoms. The minimum Gasteiger partial charge on any atom is -0.395 e. The number of aliphatic hydroxyl groups is 1. The second-order valence-electron chi connectivity index (χ2n) is 3.53. The van der Waals surface area contributed by atoms with Gasteiger partial charge in [-0.3, -0.25) is 0 Å². The van der Waals surface area contributed by atoms with E-state index in [4.69, 9.17) is 10.8 Å². The second kappa shape index (κ2) is 3.66. The van der Waals surface area contributed by atoms with Gasteiger partial charge in [0.1, 0.15) is 0 Å². The van der Waals surface area contributed by atoms with Gasteiger partial charge in [-0.2, -0.15) is 0 Å². The van der Waals surface area contributed by atoms with Crippen LogP contribution >= 0.6 is 0 Å². The van der Waals surface area contributed by atoms with Crippen molar-refractivity contribution >= 4 is 0 Å². The van der Waals surface area contributed by atoms with Crippen molar-refractivity contribution in [1.82, 2.24) is 0 Å². The molecule has 2 nitrogen and oxygen atoms in total. The molecule has 12 heavy (non-hydrogen) atoms. The van der Waals surface area contributed by atoms with E-state index >= 15 is 0 Å². The van der Waals surface area contributed by atoms with E-state index in [1.807, 2.05) is 0 Å². The van der Waals surface area contributed by atoms with Crippen molar-refractivity contribution in [1.29, 1.82) is 0 Å². The second-order valence-corrected chi connectivity index (χ2v) is 3.53. The number of halogens is 2. The molecule has 0 aromatic carbocycles. The number of hydrogen-bond donors (Lipinski definition) is 2. The Kier molecular flexibility index (Phi) is 3.01. The molecule has 0 saturated heterocycles. The molecule has 0 amide bonds. The van der Waals surface area contributed by atoms with Crippen molar-refractivity contribution in [3.8, 4) is 0 Å². The highest BCUT2D eigenvalue weighted by Crippen LogP contribution is 2.42. The topological polar surface area (TPSA) is 46.2 Å². The van der Waals surface area contributed by atoms with E-state index in [9.17, 15) is 8.78 Å². The fourth-order valence-electron chi connectivity index (χ4n) is 1.73. The molecule has 4 heteroatoms. The van der Waals surface area contributed by atoms with Gasteiger partial charge in [0.05, 0.1) is 6.61 Å². The minimum atomic E-state index is -2.55. The Morgan fingerprint density at radius 2 is 2.25 bits per heavy atom. The summed E-state index contributed by atoms with van der Waals surface area (Å²) in [4.78, 5) is 0. The molecule has 1 aliphatic carbocycles. The maximum absolute atomic E-state index is 13.0. The van der Waals surface area contributed by atoms with Crippen molar-refractivity contribution in [2.75, 3.05) is 6.61 Å². The van der Waals surface area contributed by atoms with Crippen LogP contribution in [0.1, 0.15) is 25.7 Å². The van der Waals surface area contributed by atoms with Gasteiger partial charge < -0.3 is 10.8 Å². The molecule has 3 N–H and O–H groups in total. The lowest BCUT2D eigenvalue weighted by Crippen LogP contribution is -2.32. The third kappa shape index (κ3) is 2.14. The summed E-state index contributed by atoms with van der Waals surface area (Å²) in [5.41, 5.74) is 5.39. The summed E-state index contributed by atoms with van der Waals surface area (Å²) in [6.07, 6.45) is 1.34. The molecule has 0 aliphatic heterocycles. The van der Waals surface area contributed by atoms with Gasteiger partial charge in [0.2, 0.25) is 0 Å². The van der Waals surface area contributed by atoms with Gasteiger partial charge in [-0.05, 0) is 19.3 Å². The van der Waals surface area contributed by atoms with E-state index in [0.29, 0.717) is 12.8 Å². The lowest BCUT2D eigenvalue weighted by atomic mass is 9.96. The molecule has 1 saturated carbocycles. The molecule has 2 unspecified atom stereocenters. The predicted octanol–water partition coefficient (Wildman–Crippen LogP) is 1.13. The standard InChI is InChI=1S/C8H15F2NO/c9-8(10)3-1-2-6(8)4-7(11)5-12/h6-7,12H,1-5,11H2. The van der Waals surface area contributed by atoms with Crippen LogP contribution in [0.15, 0.2) is 0 Å². The van der Waals surface area contributed by atoms with Crippen LogP contribution < -0.4 is 5.73 Å². The number of rotatable bonds is 3. The highest BCUT2D eigenvalue weighted by Gasteiger charge is 2.43. The van der Waals surface area contributed by atoms with Crippen LogP contribution in [0.4, 0.5) is 8.78 Å². The molecule has 1 rings (SSSR count). The van der Waals surface area contributed by atoms with Crippen molar-refractivity contribution < 1.29 is 13.9 Å². The van der Waals surface area contributed by atoms with Crippen molar-refractivity contribution in [3.63, 3.8) is 0 Å². The Morgan fingerprint density at radius 1 is 1.58 bits per heavy atom. The van der Waals surface area contributed by atoms with Crippen LogP contribution in [0.5, 0.6) is 0 Å². The molecule has 72 valence electrons. The summed E-state index contributed by atoms with van der Waals surface area (Å²) in [6.45, 7) is -0.202.